The Hall–Kier alpha value is -2.11. The fraction of sp³-hybridized carbons (Fsp3) is 0.562. The lowest BCUT2D eigenvalue weighted by Gasteiger charge is -2.25. The number of aliphatic carboxylic acids is 1. The third-order valence-corrected chi connectivity index (χ3v) is 5.51. The van der Waals surface area contributed by atoms with E-state index in [9.17, 15) is 14.4 Å². The first-order chi connectivity index (χ1) is 10.6. The van der Waals surface area contributed by atoms with Crippen LogP contribution in [-0.2, 0) is 14.4 Å². The van der Waals surface area contributed by atoms with Crippen LogP contribution in [0.2, 0.25) is 0 Å². The number of carboxylic acid groups (broad SMARTS) is 1. The summed E-state index contributed by atoms with van der Waals surface area (Å²) in [5.74, 6) is -1.000. The van der Waals surface area contributed by atoms with Crippen LogP contribution in [0.4, 0.5) is 0 Å². The molecule has 3 fully saturated rings. The van der Waals surface area contributed by atoms with Gasteiger partial charge < -0.3 is 9.52 Å². The number of amides is 2. The number of carboxylic acids is 1. The Kier molecular flexibility index (Phi) is 2.89. The molecule has 1 N–H and O–H groups in total. The SMILES string of the molecule is O=C(O)C[C@H](c1ccco1)N1C(=O)[C@@H]2[C@H]3CC[C@@H](C3)[C@H]2C1=O. The maximum Gasteiger partial charge on any atom is 0.305 e. The zero-order valence-corrected chi connectivity index (χ0v) is 12.0. The number of nitrogens with zero attached hydrogens (tertiary/aromatic N) is 1. The highest BCUT2D eigenvalue weighted by atomic mass is 16.4. The Morgan fingerprint density at radius 3 is 2.41 bits per heavy atom. The molecule has 2 heterocycles. The second-order valence-electron chi connectivity index (χ2n) is 6.56. The molecule has 6 heteroatoms. The maximum atomic E-state index is 12.8. The number of hydrogen-bond donors (Lipinski definition) is 1. The van der Waals surface area contributed by atoms with E-state index >= 15 is 0 Å². The lowest BCUT2D eigenvalue weighted by Crippen LogP contribution is -2.37. The van der Waals surface area contributed by atoms with Gasteiger partial charge >= 0.3 is 5.97 Å². The molecular weight excluding hydrogens is 286 g/mol. The van der Waals surface area contributed by atoms with Crippen molar-refractivity contribution in [3.63, 3.8) is 0 Å². The molecule has 3 aliphatic rings. The number of furan rings is 1. The van der Waals surface area contributed by atoms with Crippen LogP contribution in [0.1, 0.15) is 37.5 Å². The monoisotopic (exact) mass is 303 g/mol. The summed E-state index contributed by atoms with van der Waals surface area (Å²) in [4.78, 5) is 37.9. The van der Waals surface area contributed by atoms with E-state index in [4.69, 9.17) is 9.52 Å². The molecule has 1 aromatic rings. The van der Waals surface area contributed by atoms with Gasteiger partial charge in [0.25, 0.3) is 0 Å². The molecule has 2 bridgehead atoms. The van der Waals surface area contributed by atoms with Crippen molar-refractivity contribution in [3.8, 4) is 0 Å². The van der Waals surface area contributed by atoms with E-state index in [1.54, 1.807) is 12.1 Å². The number of carbonyl (C=O) groups is 3. The highest BCUT2D eigenvalue weighted by Gasteiger charge is 2.62. The maximum absolute atomic E-state index is 12.8. The second-order valence-corrected chi connectivity index (χ2v) is 6.56. The first-order valence-corrected chi connectivity index (χ1v) is 7.70. The summed E-state index contributed by atoms with van der Waals surface area (Å²) in [5.41, 5.74) is 0. The number of likely N-dealkylation sites (tertiary alicyclic amines) is 1. The Bertz CT molecular complexity index is 609. The highest BCUT2D eigenvalue weighted by Crippen LogP contribution is 2.57. The lowest BCUT2D eigenvalue weighted by atomic mass is 9.81. The van der Waals surface area contributed by atoms with Crippen molar-refractivity contribution >= 4 is 17.8 Å². The van der Waals surface area contributed by atoms with Crippen LogP contribution in [0, 0.1) is 23.7 Å². The number of carbonyl (C=O) groups excluding carboxylic acids is 2. The Morgan fingerprint density at radius 2 is 1.91 bits per heavy atom. The van der Waals surface area contributed by atoms with Gasteiger partial charge in [-0.05, 0) is 43.2 Å². The van der Waals surface area contributed by atoms with E-state index in [0.717, 1.165) is 19.3 Å². The van der Waals surface area contributed by atoms with E-state index in [0.29, 0.717) is 17.6 Å². The standard InChI is InChI=1S/C16H17NO5/c18-12(19)7-10(11-2-1-5-22-11)17-15(20)13-8-3-4-9(6-8)14(13)16(17)21/h1-2,5,8-10,13-14H,3-4,6-7H2,(H,18,19)/t8-,9-,10+,13+,14+/m0/s1. The molecule has 116 valence electrons. The predicted molar refractivity (Wildman–Crippen MR) is 73.4 cm³/mol. The van der Waals surface area contributed by atoms with Gasteiger partial charge in [-0.3, -0.25) is 19.3 Å². The third kappa shape index (κ3) is 1.76. The van der Waals surface area contributed by atoms with Crippen molar-refractivity contribution < 1.29 is 23.9 Å². The van der Waals surface area contributed by atoms with Crippen molar-refractivity contribution in [2.45, 2.75) is 31.7 Å². The van der Waals surface area contributed by atoms with Crippen LogP contribution in [0.15, 0.2) is 22.8 Å². The molecule has 0 aromatic carbocycles. The molecule has 2 saturated carbocycles. The summed E-state index contributed by atoms with van der Waals surface area (Å²) in [6.45, 7) is 0. The molecule has 1 aliphatic heterocycles. The molecule has 0 unspecified atom stereocenters. The normalized spacial score (nSPS) is 34.3. The largest absolute Gasteiger partial charge is 0.481 e. The first kappa shape index (κ1) is 13.5. The molecule has 0 radical (unpaired) electrons. The molecule has 0 spiro atoms. The summed E-state index contributed by atoms with van der Waals surface area (Å²) in [6, 6.07) is 2.42. The van der Waals surface area contributed by atoms with Gasteiger partial charge in [-0.15, -0.1) is 0 Å². The van der Waals surface area contributed by atoms with Crippen LogP contribution < -0.4 is 0 Å². The van der Waals surface area contributed by atoms with Crippen molar-refractivity contribution in [1.82, 2.24) is 4.90 Å². The summed E-state index contributed by atoms with van der Waals surface area (Å²) in [5, 5.41) is 9.14. The van der Waals surface area contributed by atoms with Crippen LogP contribution in [-0.4, -0.2) is 27.8 Å². The first-order valence-electron chi connectivity index (χ1n) is 7.70. The molecular formula is C16H17NO5. The molecule has 2 amide bonds. The second kappa shape index (κ2) is 4.69. The van der Waals surface area contributed by atoms with Crippen molar-refractivity contribution in [2.24, 2.45) is 23.7 Å². The predicted octanol–water partition coefficient (Wildman–Crippen LogP) is 1.83. The van der Waals surface area contributed by atoms with E-state index in [2.05, 4.69) is 0 Å². The highest BCUT2D eigenvalue weighted by molar-refractivity contribution is 6.06. The molecule has 6 nitrogen and oxygen atoms in total. The number of rotatable bonds is 4. The Labute approximate surface area is 127 Å². The quantitative estimate of drug-likeness (QED) is 0.857. The zero-order valence-electron chi connectivity index (χ0n) is 12.0. The molecule has 22 heavy (non-hydrogen) atoms. The minimum atomic E-state index is -1.05. The smallest absolute Gasteiger partial charge is 0.305 e. The van der Waals surface area contributed by atoms with E-state index in [-0.39, 0.29) is 30.1 Å². The summed E-state index contributed by atoms with van der Waals surface area (Å²) < 4.78 is 5.29. The van der Waals surface area contributed by atoms with E-state index in [1.807, 2.05) is 0 Å². The summed E-state index contributed by atoms with van der Waals surface area (Å²) in [6.07, 6.45) is 4.08. The van der Waals surface area contributed by atoms with Gasteiger partial charge in [-0.25, -0.2) is 0 Å². The fourth-order valence-electron chi connectivity index (χ4n) is 4.70. The fourth-order valence-corrected chi connectivity index (χ4v) is 4.70. The molecule has 4 rings (SSSR count). The van der Waals surface area contributed by atoms with Gasteiger partial charge in [0, 0.05) is 0 Å². The van der Waals surface area contributed by atoms with Gasteiger partial charge in [-0.2, -0.15) is 0 Å². The van der Waals surface area contributed by atoms with Gasteiger partial charge in [0.05, 0.1) is 24.5 Å². The van der Waals surface area contributed by atoms with Crippen molar-refractivity contribution in [2.75, 3.05) is 0 Å². The number of fused-ring (bicyclic) bond motifs is 5. The van der Waals surface area contributed by atoms with E-state index in [1.165, 1.54) is 11.2 Å². The topological polar surface area (TPSA) is 87.8 Å². The third-order valence-electron chi connectivity index (χ3n) is 5.51. The van der Waals surface area contributed by atoms with Crippen LogP contribution in [0.3, 0.4) is 0 Å². The van der Waals surface area contributed by atoms with Crippen LogP contribution >= 0.6 is 0 Å². The lowest BCUT2D eigenvalue weighted by molar-refractivity contribution is -0.147. The zero-order chi connectivity index (χ0) is 15.4. The van der Waals surface area contributed by atoms with Gasteiger partial charge in [0.2, 0.25) is 11.8 Å². The van der Waals surface area contributed by atoms with Gasteiger partial charge in [0.15, 0.2) is 0 Å². The minimum Gasteiger partial charge on any atom is -0.481 e. The van der Waals surface area contributed by atoms with Crippen molar-refractivity contribution in [3.05, 3.63) is 24.2 Å². The van der Waals surface area contributed by atoms with E-state index < -0.39 is 12.0 Å². The molecule has 5 atom stereocenters. The number of hydrogen-bond acceptors (Lipinski definition) is 4. The molecule has 1 aromatic heterocycles. The van der Waals surface area contributed by atoms with Crippen LogP contribution in [0.25, 0.3) is 0 Å². The van der Waals surface area contributed by atoms with Crippen molar-refractivity contribution in [1.29, 1.82) is 0 Å². The Balaban J connectivity index is 1.70. The van der Waals surface area contributed by atoms with Gasteiger partial charge in [0.1, 0.15) is 11.8 Å². The molecule has 1 saturated heterocycles. The summed E-state index contributed by atoms with van der Waals surface area (Å²) >= 11 is 0. The number of imide groups is 1. The minimum absolute atomic E-state index is 0.204. The molecule has 2 aliphatic carbocycles. The Morgan fingerprint density at radius 1 is 1.27 bits per heavy atom. The summed E-state index contributed by atoms with van der Waals surface area (Å²) in [7, 11) is 0. The average Bonchev–Trinajstić information content (AvgIpc) is 3.22. The van der Waals surface area contributed by atoms with Crippen LogP contribution in [0.5, 0.6) is 0 Å². The van der Waals surface area contributed by atoms with Gasteiger partial charge in [-0.1, -0.05) is 0 Å². The average molecular weight is 303 g/mol.